The van der Waals surface area contributed by atoms with Crippen molar-refractivity contribution >= 4 is 17.7 Å². The molecule has 100 valence electrons. The normalized spacial score (nSPS) is 22.2. The summed E-state index contributed by atoms with van der Waals surface area (Å²) >= 11 is 1.72. The van der Waals surface area contributed by atoms with Gasteiger partial charge in [0.15, 0.2) is 0 Å². The second-order valence-corrected chi connectivity index (χ2v) is 5.68. The lowest BCUT2D eigenvalue weighted by atomic mass is 10.0. The van der Waals surface area contributed by atoms with Crippen LogP contribution in [0.1, 0.15) is 19.3 Å². The number of ether oxygens (including phenoxy) is 1. The highest BCUT2D eigenvalue weighted by atomic mass is 32.2. The Morgan fingerprint density at radius 1 is 1.65 bits per heavy atom. The van der Waals surface area contributed by atoms with Gasteiger partial charge in [-0.25, -0.2) is 0 Å². The molecule has 0 aliphatic carbocycles. The monoisotopic (exact) mass is 260 g/mol. The Hall–Kier alpha value is -0.260. The van der Waals surface area contributed by atoms with Gasteiger partial charge < -0.3 is 15.4 Å². The fourth-order valence-corrected chi connectivity index (χ4v) is 2.57. The van der Waals surface area contributed by atoms with Crippen LogP contribution in [-0.4, -0.2) is 55.7 Å². The summed E-state index contributed by atoms with van der Waals surface area (Å²) in [6.07, 6.45) is 5.04. The third-order valence-electron chi connectivity index (χ3n) is 3.11. The number of likely N-dealkylation sites (N-methyl/N-ethyl adjacent to an activating group) is 1. The van der Waals surface area contributed by atoms with Crippen molar-refractivity contribution < 1.29 is 9.53 Å². The average Bonchev–Trinajstić information content (AvgIpc) is 2.36. The van der Waals surface area contributed by atoms with Gasteiger partial charge in [0.25, 0.3) is 0 Å². The van der Waals surface area contributed by atoms with E-state index in [1.807, 2.05) is 13.3 Å². The van der Waals surface area contributed by atoms with Crippen molar-refractivity contribution in [3.05, 3.63) is 0 Å². The molecular formula is C12H24N2O2S. The first kappa shape index (κ1) is 14.8. The van der Waals surface area contributed by atoms with Gasteiger partial charge in [-0.05, 0) is 37.2 Å². The van der Waals surface area contributed by atoms with E-state index in [1.54, 1.807) is 16.7 Å². The van der Waals surface area contributed by atoms with Gasteiger partial charge in [-0.3, -0.25) is 4.79 Å². The Balaban J connectivity index is 2.29. The summed E-state index contributed by atoms with van der Waals surface area (Å²) in [7, 11) is 1.84. The van der Waals surface area contributed by atoms with Crippen molar-refractivity contribution in [2.75, 3.05) is 38.8 Å². The SMILES string of the molecule is CSCC[C@H](N)C(=O)N(C)CC1CCCOC1. The number of hydrogen-bond donors (Lipinski definition) is 1. The summed E-state index contributed by atoms with van der Waals surface area (Å²) in [6, 6.07) is -0.350. The van der Waals surface area contributed by atoms with E-state index >= 15 is 0 Å². The zero-order valence-corrected chi connectivity index (χ0v) is 11.7. The van der Waals surface area contributed by atoms with Crippen molar-refractivity contribution in [1.82, 2.24) is 4.90 Å². The van der Waals surface area contributed by atoms with Gasteiger partial charge in [0.2, 0.25) is 5.91 Å². The Morgan fingerprint density at radius 2 is 2.41 bits per heavy atom. The van der Waals surface area contributed by atoms with Gasteiger partial charge in [0.05, 0.1) is 12.6 Å². The summed E-state index contributed by atoms with van der Waals surface area (Å²) in [5, 5.41) is 0. The van der Waals surface area contributed by atoms with E-state index in [4.69, 9.17) is 10.5 Å². The fourth-order valence-electron chi connectivity index (χ4n) is 2.08. The highest BCUT2D eigenvalue weighted by Crippen LogP contribution is 2.15. The van der Waals surface area contributed by atoms with E-state index in [9.17, 15) is 4.79 Å². The van der Waals surface area contributed by atoms with Gasteiger partial charge in [-0.1, -0.05) is 0 Å². The van der Waals surface area contributed by atoms with Gasteiger partial charge in [0, 0.05) is 20.2 Å². The molecule has 0 radical (unpaired) electrons. The number of amides is 1. The molecular weight excluding hydrogens is 236 g/mol. The van der Waals surface area contributed by atoms with Crippen molar-refractivity contribution in [2.45, 2.75) is 25.3 Å². The molecule has 4 nitrogen and oxygen atoms in total. The van der Waals surface area contributed by atoms with E-state index in [0.29, 0.717) is 5.92 Å². The van der Waals surface area contributed by atoms with E-state index in [-0.39, 0.29) is 11.9 Å². The number of nitrogens with two attached hydrogens (primary N) is 1. The molecule has 5 heteroatoms. The number of nitrogens with zero attached hydrogens (tertiary/aromatic N) is 1. The minimum Gasteiger partial charge on any atom is -0.381 e. The summed E-state index contributed by atoms with van der Waals surface area (Å²) in [6.45, 7) is 2.41. The molecule has 0 saturated carbocycles. The highest BCUT2D eigenvalue weighted by Gasteiger charge is 2.22. The van der Waals surface area contributed by atoms with Crippen LogP contribution in [0.2, 0.25) is 0 Å². The minimum absolute atomic E-state index is 0.0598. The molecule has 1 rings (SSSR count). The number of thioether (sulfide) groups is 1. The lowest BCUT2D eigenvalue weighted by Gasteiger charge is -2.28. The van der Waals surface area contributed by atoms with E-state index in [2.05, 4.69) is 0 Å². The second-order valence-electron chi connectivity index (χ2n) is 4.69. The molecule has 1 fully saturated rings. The maximum absolute atomic E-state index is 12.0. The molecule has 1 amide bonds. The molecule has 17 heavy (non-hydrogen) atoms. The Labute approximate surface area is 108 Å². The van der Waals surface area contributed by atoms with Gasteiger partial charge in [-0.2, -0.15) is 11.8 Å². The first-order chi connectivity index (χ1) is 8.15. The Bertz CT molecular complexity index is 233. The minimum atomic E-state index is -0.350. The van der Waals surface area contributed by atoms with Crippen molar-refractivity contribution in [1.29, 1.82) is 0 Å². The molecule has 0 spiro atoms. The van der Waals surface area contributed by atoms with Crippen LogP contribution in [0.5, 0.6) is 0 Å². The van der Waals surface area contributed by atoms with Crippen LogP contribution in [0.25, 0.3) is 0 Å². The lowest BCUT2D eigenvalue weighted by Crippen LogP contribution is -2.44. The van der Waals surface area contributed by atoms with Crippen LogP contribution < -0.4 is 5.73 Å². The van der Waals surface area contributed by atoms with Gasteiger partial charge in [0.1, 0.15) is 0 Å². The van der Waals surface area contributed by atoms with Crippen LogP contribution in [0.3, 0.4) is 0 Å². The quantitative estimate of drug-likeness (QED) is 0.772. The summed E-state index contributed by atoms with van der Waals surface area (Å²) in [5.41, 5.74) is 5.87. The van der Waals surface area contributed by atoms with E-state index < -0.39 is 0 Å². The Kier molecular flexibility index (Phi) is 6.92. The molecule has 0 aromatic carbocycles. The molecule has 1 aliphatic rings. The summed E-state index contributed by atoms with van der Waals surface area (Å²) in [5.74, 6) is 1.47. The van der Waals surface area contributed by atoms with Crippen LogP contribution in [0.15, 0.2) is 0 Å². The number of rotatable bonds is 6. The molecule has 0 aromatic heterocycles. The maximum Gasteiger partial charge on any atom is 0.239 e. The lowest BCUT2D eigenvalue weighted by molar-refractivity contribution is -0.132. The number of carbonyl (C=O) groups is 1. The molecule has 2 atom stereocenters. The number of hydrogen-bond acceptors (Lipinski definition) is 4. The molecule has 1 saturated heterocycles. The first-order valence-electron chi connectivity index (χ1n) is 6.22. The number of carbonyl (C=O) groups excluding carboxylic acids is 1. The van der Waals surface area contributed by atoms with E-state index in [1.165, 1.54) is 0 Å². The average molecular weight is 260 g/mol. The van der Waals surface area contributed by atoms with Gasteiger partial charge >= 0.3 is 0 Å². The van der Waals surface area contributed by atoms with Crippen LogP contribution in [0.4, 0.5) is 0 Å². The van der Waals surface area contributed by atoms with Crippen molar-refractivity contribution in [3.8, 4) is 0 Å². The fraction of sp³-hybridized carbons (Fsp3) is 0.917. The maximum atomic E-state index is 12.0. The Morgan fingerprint density at radius 3 is 3.00 bits per heavy atom. The zero-order chi connectivity index (χ0) is 12.7. The van der Waals surface area contributed by atoms with Crippen LogP contribution in [0, 0.1) is 5.92 Å². The largest absolute Gasteiger partial charge is 0.381 e. The van der Waals surface area contributed by atoms with Crippen molar-refractivity contribution in [2.24, 2.45) is 11.7 Å². The molecule has 1 aliphatic heterocycles. The zero-order valence-electron chi connectivity index (χ0n) is 10.9. The topological polar surface area (TPSA) is 55.6 Å². The highest BCUT2D eigenvalue weighted by molar-refractivity contribution is 7.98. The van der Waals surface area contributed by atoms with Gasteiger partial charge in [-0.15, -0.1) is 0 Å². The first-order valence-corrected chi connectivity index (χ1v) is 7.61. The second kappa shape index (κ2) is 7.95. The van der Waals surface area contributed by atoms with Crippen LogP contribution in [-0.2, 0) is 9.53 Å². The smallest absolute Gasteiger partial charge is 0.239 e. The molecule has 0 bridgehead atoms. The molecule has 1 unspecified atom stereocenters. The van der Waals surface area contributed by atoms with E-state index in [0.717, 1.165) is 44.8 Å². The third-order valence-corrected chi connectivity index (χ3v) is 3.76. The predicted octanol–water partition coefficient (Wildman–Crippen LogP) is 0.952. The standard InChI is InChI=1S/C12H24N2O2S/c1-14(8-10-4-3-6-16-9-10)12(15)11(13)5-7-17-2/h10-11H,3-9,13H2,1-2H3/t10?,11-/m0/s1. The predicted molar refractivity (Wildman–Crippen MR) is 72.2 cm³/mol. The molecule has 2 N–H and O–H groups in total. The van der Waals surface area contributed by atoms with Crippen LogP contribution >= 0.6 is 11.8 Å². The van der Waals surface area contributed by atoms with Crippen molar-refractivity contribution in [3.63, 3.8) is 0 Å². The summed E-state index contributed by atoms with van der Waals surface area (Å²) in [4.78, 5) is 13.7. The molecule has 0 aromatic rings. The molecule has 1 heterocycles. The third kappa shape index (κ3) is 5.27. The summed E-state index contributed by atoms with van der Waals surface area (Å²) < 4.78 is 5.42.